The van der Waals surface area contributed by atoms with Crippen molar-refractivity contribution in [2.24, 2.45) is 0 Å². The summed E-state index contributed by atoms with van der Waals surface area (Å²) in [4.78, 5) is 0. The fourth-order valence-electron chi connectivity index (χ4n) is 9.35. The Morgan fingerprint density at radius 2 is 1.04 bits per heavy atom. The van der Waals surface area contributed by atoms with Gasteiger partial charge in [0.2, 0.25) is 0 Å². The number of benzene rings is 8. The summed E-state index contributed by atoms with van der Waals surface area (Å²) in [6.45, 7) is 0. The highest BCUT2D eigenvalue weighted by Gasteiger charge is 2.30. The molecule has 8 aromatic carbocycles. The van der Waals surface area contributed by atoms with Crippen LogP contribution in [0.1, 0.15) is 24.0 Å². The molecule has 2 aliphatic carbocycles. The zero-order valence-corrected chi connectivity index (χ0v) is 28.4. The molecule has 1 aromatic heterocycles. The van der Waals surface area contributed by atoms with Crippen molar-refractivity contribution in [2.45, 2.75) is 25.7 Å². The molecule has 0 fully saturated rings. The lowest BCUT2D eigenvalue weighted by molar-refractivity contribution is 0.690. The molecule has 51 heavy (non-hydrogen) atoms. The third-order valence-corrected chi connectivity index (χ3v) is 11.5. The predicted octanol–water partition coefficient (Wildman–Crippen LogP) is 13.5. The van der Waals surface area contributed by atoms with E-state index < -0.39 is 0 Å². The van der Waals surface area contributed by atoms with Crippen LogP contribution in [0.4, 0.5) is 0 Å². The quantitative estimate of drug-likeness (QED) is 0.179. The molecule has 0 N–H and O–H groups in total. The minimum absolute atomic E-state index is 1.17. The van der Waals surface area contributed by atoms with Crippen LogP contribution in [0.15, 0.2) is 164 Å². The monoisotopic (exact) mass is 649 g/mol. The molecule has 0 saturated heterocycles. The van der Waals surface area contributed by atoms with E-state index in [0.717, 1.165) is 0 Å². The first-order chi connectivity index (χ1) is 25.3. The number of aryl methyl sites for hydroxylation is 2. The highest BCUT2D eigenvalue weighted by Crippen LogP contribution is 2.57. The Morgan fingerprint density at radius 1 is 0.392 bits per heavy atom. The summed E-state index contributed by atoms with van der Waals surface area (Å²) in [5.74, 6) is 0. The van der Waals surface area contributed by atoms with Crippen molar-refractivity contribution in [3.63, 3.8) is 0 Å². The summed E-state index contributed by atoms with van der Waals surface area (Å²) in [7, 11) is 0. The first-order valence-corrected chi connectivity index (χ1v) is 18.3. The van der Waals surface area contributed by atoms with E-state index in [1.807, 2.05) is 0 Å². The maximum Gasteiger partial charge on any atom is 0.0544 e. The van der Waals surface area contributed by atoms with E-state index in [4.69, 9.17) is 0 Å². The number of fused-ring (bicyclic) bond motifs is 8. The number of rotatable bonds is 4. The molecule has 0 saturated carbocycles. The molecule has 0 bridgehead atoms. The molecule has 1 nitrogen and oxygen atoms in total. The maximum atomic E-state index is 2.48. The Morgan fingerprint density at radius 3 is 1.82 bits per heavy atom. The Bertz CT molecular complexity index is 2810. The zero-order valence-electron chi connectivity index (χ0n) is 28.4. The van der Waals surface area contributed by atoms with Gasteiger partial charge in [0, 0.05) is 16.5 Å². The van der Waals surface area contributed by atoms with Gasteiger partial charge in [-0.05, 0) is 134 Å². The van der Waals surface area contributed by atoms with Gasteiger partial charge < -0.3 is 4.57 Å². The minimum Gasteiger partial charge on any atom is -0.309 e. The van der Waals surface area contributed by atoms with Gasteiger partial charge in [0.25, 0.3) is 0 Å². The lowest BCUT2D eigenvalue weighted by Crippen LogP contribution is -2.03. The standard InChI is InChI=1S/C50H35N/c1-3-13-32(14-4-1)43-31-42(47(36-16-5-2-6-17-36)50-41-23-12-19-35-18-11-22-40(46(35)41)49(43)50)34-25-28-37(29-26-34)51-44-24-10-9-21-39(44)48-38-20-8-7-15-33(38)27-30-45(48)51/h1-6,9-14,16-19,21-31H,7-8,15,20H2. The first-order valence-electron chi connectivity index (χ1n) is 18.3. The predicted molar refractivity (Wildman–Crippen MR) is 216 cm³/mol. The molecule has 0 radical (unpaired) electrons. The van der Waals surface area contributed by atoms with Crippen LogP contribution in [0.2, 0.25) is 0 Å². The van der Waals surface area contributed by atoms with E-state index in [1.54, 1.807) is 5.56 Å². The largest absolute Gasteiger partial charge is 0.309 e. The van der Waals surface area contributed by atoms with Gasteiger partial charge in [-0.3, -0.25) is 0 Å². The molecule has 0 unspecified atom stereocenters. The number of aromatic nitrogens is 1. The van der Waals surface area contributed by atoms with Crippen LogP contribution >= 0.6 is 0 Å². The number of para-hydroxylation sites is 1. The SMILES string of the molecule is c1ccc(-c2cc(-c3ccc(-n4c5ccccc5c5c6c(ccc54)CCCC6)cc3)c(-c3ccccc3)c3c2-c2cccc4cccc-3c24)cc1. The fraction of sp³-hybridized carbons (Fsp3) is 0.0800. The van der Waals surface area contributed by atoms with Gasteiger partial charge in [-0.25, -0.2) is 0 Å². The third kappa shape index (κ3) is 4.22. The molecule has 0 spiro atoms. The van der Waals surface area contributed by atoms with E-state index in [2.05, 4.69) is 168 Å². The van der Waals surface area contributed by atoms with Crippen LogP contribution in [-0.2, 0) is 12.8 Å². The number of hydrogen-bond donors (Lipinski definition) is 0. The van der Waals surface area contributed by atoms with Gasteiger partial charge in [0.05, 0.1) is 11.0 Å². The minimum atomic E-state index is 1.17. The van der Waals surface area contributed by atoms with Crippen molar-refractivity contribution in [3.8, 4) is 61.3 Å². The zero-order chi connectivity index (χ0) is 33.5. The first kappa shape index (κ1) is 28.6. The summed E-state index contributed by atoms with van der Waals surface area (Å²) < 4.78 is 2.48. The lowest BCUT2D eigenvalue weighted by atomic mass is 9.82. The smallest absolute Gasteiger partial charge is 0.0544 e. The Labute approximate surface area is 298 Å². The van der Waals surface area contributed by atoms with Crippen LogP contribution in [0.25, 0.3) is 93.9 Å². The number of hydrogen-bond acceptors (Lipinski definition) is 0. The van der Waals surface area contributed by atoms with Gasteiger partial charge in [-0.15, -0.1) is 0 Å². The van der Waals surface area contributed by atoms with Gasteiger partial charge in [-0.2, -0.15) is 0 Å². The van der Waals surface area contributed by atoms with Crippen LogP contribution in [-0.4, -0.2) is 4.57 Å². The molecule has 240 valence electrons. The van der Waals surface area contributed by atoms with Crippen molar-refractivity contribution < 1.29 is 0 Å². The summed E-state index contributed by atoms with van der Waals surface area (Å²) in [5.41, 5.74) is 19.7. The van der Waals surface area contributed by atoms with Crippen molar-refractivity contribution in [1.29, 1.82) is 0 Å². The van der Waals surface area contributed by atoms with Gasteiger partial charge in [0.15, 0.2) is 0 Å². The molecule has 0 aliphatic heterocycles. The van der Waals surface area contributed by atoms with Gasteiger partial charge in [-0.1, -0.05) is 133 Å². The van der Waals surface area contributed by atoms with Crippen molar-refractivity contribution in [1.82, 2.24) is 4.57 Å². The highest BCUT2D eigenvalue weighted by molar-refractivity contribution is 6.22. The molecule has 1 heteroatoms. The second-order valence-electron chi connectivity index (χ2n) is 14.2. The molecule has 1 heterocycles. The van der Waals surface area contributed by atoms with E-state index in [9.17, 15) is 0 Å². The van der Waals surface area contributed by atoms with Crippen molar-refractivity contribution in [3.05, 3.63) is 175 Å². The summed E-state index contributed by atoms with van der Waals surface area (Å²) in [5, 5.41) is 5.45. The summed E-state index contributed by atoms with van der Waals surface area (Å²) in [6.07, 6.45) is 4.92. The molecule has 0 amide bonds. The topological polar surface area (TPSA) is 4.93 Å². The summed E-state index contributed by atoms with van der Waals surface area (Å²) >= 11 is 0. The fourth-order valence-corrected chi connectivity index (χ4v) is 9.35. The van der Waals surface area contributed by atoms with Crippen LogP contribution in [0.5, 0.6) is 0 Å². The van der Waals surface area contributed by atoms with E-state index in [-0.39, 0.29) is 0 Å². The van der Waals surface area contributed by atoms with Crippen LogP contribution in [0, 0.1) is 0 Å². The van der Waals surface area contributed by atoms with Crippen molar-refractivity contribution in [2.75, 3.05) is 0 Å². The highest BCUT2D eigenvalue weighted by atomic mass is 15.0. The normalized spacial score (nSPS) is 13.2. The van der Waals surface area contributed by atoms with E-state index in [1.165, 1.54) is 125 Å². The molecule has 2 aliphatic rings. The third-order valence-electron chi connectivity index (χ3n) is 11.5. The average Bonchev–Trinajstić information content (AvgIpc) is 3.73. The second-order valence-corrected chi connectivity index (χ2v) is 14.2. The molecule has 11 rings (SSSR count). The molecular weight excluding hydrogens is 615 g/mol. The molecular formula is C50H35N. The summed E-state index contributed by atoms with van der Waals surface area (Å²) in [6, 6.07) is 61.1. The molecule has 0 atom stereocenters. The van der Waals surface area contributed by atoms with Crippen molar-refractivity contribution >= 4 is 32.6 Å². The Kier molecular flexibility index (Phi) is 6.27. The molecule has 9 aromatic rings. The number of nitrogens with zero attached hydrogens (tertiary/aromatic N) is 1. The van der Waals surface area contributed by atoms with Gasteiger partial charge >= 0.3 is 0 Å². The van der Waals surface area contributed by atoms with E-state index >= 15 is 0 Å². The maximum absolute atomic E-state index is 2.48. The Balaban J connectivity index is 1.17. The Hall–Kier alpha value is -6.18. The second kappa shape index (κ2) is 11.2. The lowest BCUT2D eigenvalue weighted by Gasteiger charge is -2.21. The van der Waals surface area contributed by atoms with Gasteiger partial charge in [0.1, 0.15) is 0 Å². The average molecular weight is 650 g/mol. The van der Waals surface area contributed by atoms with E-state index in [0.29, 0.717) is 0 Å². The van der Waals surface area contributed by atoms with Crippen LogP contribution < -0.4 is 0 Å². The van der Waals surface area contributed by atoms with Crippen LogP contribution in [0.3, 0.4) is 0 Å².